The fourth-order valence-electron chi connectivity index (χ4n) is 2.84. The predicted molar refractivity (Wildman–Crippen MR) is 98.7 cm³/mol. The molecule has 0 aliphatic carbocycles. The molecule has 117 valence electrons. The Labute approximate surface area is 145 Å². The van der Waals surface area contributed by atoms with Gasteiger partial charge in [-0.25, -0.2) is 0 Å². The van der Waals surface area contributed by atoms with E-state index >= 15 is 0 Å². The average Bonchev–Trinajstić information content (AvgIpc) is 2.57. The Morgan fingerprint density at radius 3 is 0.957 bits per heavy atom. The third-order valence-corrected chi connectivity index (χ3v) is 11.7. The van der Waals surface area contributed by atoms with E-state index in [4.69, 9.17) is 0 Å². The monoisotopic (exact) mass is 413 g/mol. The summed E-state index contributed by atoms with van der Waals surface area (Å²) in [5.74, 6) is 0. The Morgan fingerprint density at radius 2 is 0.696 bits per heavy atom. The van der Waals surface area contributed by atoms with Crippen LogP contribution in [0, 0.1) is 0 Å². The van der Waals surface area contributed by atoms with E-state index < -0.39 is 19.8 Å². The fraction of sp³-hybridized carbons (Fsp3) is 0.143. The van der Waals surface area contributed by atoms with Crippen molar-refractivity contribution in [2.75, 3.05) is 0 Å². The Bertz CT molecular complexity index is 569. The summed E-state index contributed by atoms with van der Waals surface area (Å²) in [6.45, 7) is 0. The van der Waals surface area contributed by atoms with Gasteiger partial charge in [0.1, 0.15) is 0 Å². The maximum atomic E-state index is 2.29. The van der Waals surface area contributed by atoms with Crippen LogP contribution >= 0.6 is 0 Å². The number of hydrogen-bond acceptors (Lipinski definition) is 0. The van der Waals surface area contributed by atoms with E-state index in [0.717, 1.165) is 0 Å². The van der Waals surface area contributed by atoms with E-state index in [1.165, 1.54) is 30.0 Å². The van der Waals surface area contributed by atoms with E-state index in [2.05, 4.69) is 91.0 Å². The van der Waals surface area contributed by atoms with Crippen LogP contribution in [0.1, 0.15) is 16.7 Å². The number of hydrogen-bond donors (Lipinski definition) is 0. The van der Waals surface area contributed by atoms with Gasteiger partial charge in [-0.05, 0) is 0 Å². The third kappa shape index (κ3) is 5.83. The topological polar surface area (TPSA) is 0 Å². The molecule has 0 nitrogen and oxygen atoms in total. The van der Waals surface area contributed by atoms with Crippen molar-refractivity contribution in [3.05, 3.63) is 108 Å². The minimum atomic E-state index is -1.56. The standard InChI is InChI=1S/3C7H7.FH.Sn/c3*1-7-5-3-2-4-6-7;;/h3*2-6H,1H2;1H;. The number of halogens is 1. The van der Waals surface area contributed by atoms with E-state index in [1.807, 2.05) is 0 Å². The molecule has 23 heavy (non-hydrogen) atoms. The SMILES string of the molecule is F.c1ccc([CH2][Sn]([CH2]c2ccccc2)[CH2]c2ccccc2)cc1. The van der Waals surface area contributed by atoms with Crippen molar-refractivity contribution >= 4 is 19.8 Å². The summed E-state index contributed by atoms with van der Waals surface area (Å²) in [7, 11) is 0. The Balaban J connectivity index is 0.00000192. The summed E-state index contributed by atoms with van der Waals surface area (Å²) in [5.41, 5.74) is 4.55. The van der Waals surface area contributed by atoms with Crippen molar-refractivity contribution in [3.63, 3.8) is 0 Å². The van der Waals surface area contributed by atoms with Crippen molar-refractivity contribution < 1.29 is 4.70 Å². The van der Waals surface area contributed by atoms with Crippen molar-refractivity contribution in [2.45, 2.75) is 13.3 Å². The van der Waals surface area contributed by atoms with Gasteiger partial charge < -0.3 is 0 Å². The van der Waals surface area contributed by atoms with E-state index in [-0.39, 0.29) is 4.70 Å². The first kappa shape index (κ1) is 17.7. The molecule has 2 heteroatoms. The molecule has 3 aromatic carbocycles. The van der Waals surface area contributed by atoms with E-state index in [1.54, 1.807) is 0 Å². The molecule has 0 saturated carbocycles. The van der Waals surface area contributed by atoms with Crippen LogP contribution in [0.5, 0.6) is 0 Å². The average molecular weight is 412 g/mol. The number of rotatable bonds is 6. The van der Waals surface area contributed by atoms with Crippen molar-refractivity contribution in [1.82, 2.24) is 0 Å². The van der Waals surface area contributed by atoms with Gasteiger partial charge in [0, 0.05) is 0 Å². The Morgan fingerprint density at radius 1 is 0.435 bits per heavy atom. The summed E-state index contributed by atoms with van der Waals surface area (Å²) >= 11 is -1.56. The summed E-state index contributed by atoms with van der Waals surface area (Å²) in [6, 6.07) is 33.1. The van der Waals surface area contributed by atoms with E-state index in [0.29, 0.717) is 0 Å². The van der Waals surface area contributed by atoms with Crippen molar-refractivity contribution in [3.8, 4) is 0 Å². The van der Waals surface area contributed by atoms with Crippen LogP contribution < -0.4 is 0 Å². The van der Waals surface area contributed by atoms with Crippen LogP contribution in [0.2, 0.25) is 0 Å². The van der Waals surface area contributed by atoms with Crippen LogP contribution in [0.25, 0.3) is 0 Å². The molecule has 0 spiro atoms. The van der Waals surface area contributed by atoms with Crippen molar-refractivity contribution in [2.24, 2.45) is 0 Å². The molecule has 0 fully saturated rings. The minimum absolute atomic E-state index is 0. The second-order valence-corrected chi connectivity index (χ2v) is 13.0. The van der Waals surface area contributed by atoms with Crippen molar-refractivity contribution in [1.29, 1.82) is 0 Å². The summed E-state index contributed by atoms with van der Waals surface area (Å²) in [6.07, 6.45) is 0. The molecule has 0 bridgehead atoms. The molecule has 0 atom stereocenters. The van der Waals surface area contributed by atoms with Gasteiger partial charge in [0.2, 0.25) is 0 Å². The van der Waals surface area contributed by atoms with Gasteiger partial charge in [-0.1, -0.05) is 0 Å². The van der Waals surface area contributed by atoms with Gasteiger partial charge in [0.05, 0.1) is 0 Å². The fourth-order valence-corrected chi connectivity index (χ4v) is 10.9. The van der Waals surface area contributed by atoms with Crippen LogP contribution in [-0.2, 0) is 13.3 Å². The zero-order valence-corrected chi connectivity index (χ0v) is 16.0. The molecule has 3 aromatic rings. The van der Waals surface area contributed by atoms with Gasteiger partial charge in [-0.3, -0.25) is 4.70 Å². The summed E-state index contributed by atoms with van der Waals surface area (Å²) in [5, 5.41) is 0. The first-order valence-electron chi connectivity index (χ1n) is 7.85. The van der Waals surface area contributed by atoms with Crippen LogP contribution in [0.15, 0.2) is 91.0 Å². The summed E-state index contributed by atoms with van der Waals surface area (Å²) < 4.78 is 3.98. The first-order chi connectivity index (χ1) is 10.9. The molecular formula is C21H22FSn. The van der Waals surface area contributed by atoms with Crippen LogP contribution in [0.3, 0.4) is 0 Å². The molecule has 3 rings (SSSR count). The second kappa shape index (κ2) is 9.51. The van der Waals surface area contributed by atoms with Crippen LogP contribution in [-0.4, -0.2) is 19.8 Å². The Hall–Kier alpha value is -1.61. The molecule has 0 N–H and O–H groups in total. The zero-order chi connectivity index (χ0) is 15.0. The second-order valence-electron chi connectivity index (χ2n) is 5.74. The molecule has 0 saturated heterocycles. The van der Waals surface area contributed by atoms with E-state index in [9.17, 15) is 0 Å². The van der Waals surface area contributed by atoms with Gasteiger partial charge in [-0.2, -0.15) is 0 Å². The molecular weight excluding hydrogens is 390 g/mol. The molecule has 0 heterocycles. The summed E-state index contributed by atoms with van der Waals surface area (Å²) in [4.78, 5) is 0. The quantitative estimate of drug-likeness (QED) is 0.502. The molecule has 0 amide bonds. The van der Waals surface area contributed by atoms with Gasteiger partial charge in [-0.15, -0.1) is 0 Å². The van der Waals surface area contributed by atoms with Gasteiger partial charge in [0.25, 0.3) is 0 Å². The molecule has 0 unspecified atom stereocenters. The molecule has 1 radical (unpaired) electrons. The number of benzene rings is 3. The first-order valence-corrected chi connectivity index (χ1v) is 13.9. The molecule has 0 aliphatic heterocycles. The zero-order valence-electron chi connectivity index (χ0n) is 13.2. The van der Waals surface area contributed by atoms with Gasteiger partial charge in [0.15, 0.2) is 0 Å². The normalized spacial score (nSPS) is 10.3. The molecule has 0 aromatic heterocycles. The van der Waals surface area contributed by atoms with Crippen LogP contribution in [0.4, 0.5) is 4.70 Å². The Kier molecular flexibility index (Phi) is 7.33. The van der Waals surface area contributed by atoms with Gasteiger partial charge >= 0.3 is 141 Å². The predicted octanol–water partition coefficient (Wildman–Crippen LogP) is 4.98. The maximum absolute atomic E-state index is 2.29. The third-order valence-electron chi connectivity index (χ3n) is 3.89. The molecule has 0 aliphatic rings.